The summed E-state index contributed by atoms with van der Waals surface area (Å²) < 4.78 is 118. The number of hydrogen-bond acceptors (Lipinski definition) is 6. The molecule has 6 aromatic rings. The molecule has 0 saturated carbocycles. The Morgan fingerprint density at radius 1 is 0.400 bits per heavy atom. The summed E-state index contributed by atoms with van der Waals surface area (Å²) in [4.78, 5) is 32.4. The molecule has 296 valence electrons. The van der Waals surface area contributed by atoms with Crippen molar-refractivity contribution in [2.45, 2.75) is 0 Å². The maximum absolute atomic E-state index is 11.7. The minimum atomic E-state index is -10.7. The number of ketones is 1. The largest absolute Gasteiger partial charge is 2.00 e. The van der Waals surface area contributed by atoms with Crippen molar-refractivity contribution in [3.05, 3.63) is 170 Å². The van der Waals surface area contributed by atoms with Gasteiger partial charge in [-0.2, -0.15) is 0 Å². The van der Waals surface area contributed by atoms with E-state index in [4.69, 9.17) is 0 Å². The molecule has 0 aliphatic heterocycles. The number of benzene rings is 1. The molecule has 0 amide bonds. The fraction of sp³-hybridized carbons (Fsp3) is 0. The zero-order valence-electron chi connectivity index (χ0n) is 27.5. The Morgan fingerprint density at radius 3 is 0.927 bits per heavy atom. The molecule has 0 N–H and O–H groups in total. The summed E-state index contributed by atoms with van der Waals surface area (Å²) in [7, 11) is -21.3. The number of allylic oxidation sites excluding steroid dienone is 1. The summed E-state index contributed by atoms with van der Waals surface area (Å²) in [5.74, 6) is -0.0792. The van der Waals surface area contributed by atoms with E-state index >= 15 is 0 Å². The van der Waals surface area contributed by atoms with Crippen LogP contribution in [-0.4, -0.2) is 30.7 Å². The van der Waals surface area contributed by atoms with Gasteiger partial charge in [-0.15, -0.1) is 0 Å². The van der Waals surface area contributed by atoms with Gasteiger partial charge in [-0.1, -0.05) is 66.7 Å². The van der Waals surface area contributed by atoms with E-state index in [2.05, 4.69) is 24.9 Å². The number of aromatic nitrogens is 5. The number of nitrogens with zero attached hydrogens (tertiary/aromatic N) is 5. The molecule has 0 radical (unpaired) electrons. The van der Waals surface area contributed by atoms with Gasteiger partial charge in [0, 0.05) is 31.0 Å². The van der Waals surface area contributed by atoms with E-state index < -0.39 is 15.6 Å². The van der Waals surface area contributed by atoms with E-state index in [1.165, 1.54) is 6.08 Å². The normalized spacial score (nSPS) is 13.2. The van der Waals surface area contributed by atoms with Crippen LogP contribution in [0.5, 0.6) is 0 Å². The molecule has 0 aliphatic rings. The fourth-order valence-electron chi connectivity index (χ4n) is 3.39. The van der Waals surface area contributed by atoms with Gasteiger partial charge in [0.25, 0.3) is 0 Å². The Bertz CT molecular complexity index is 1840. The first kappa shape index (κ1) is 48.0. The minimum Gasteiger partial charge on any atom is -0.288 e. The molecule has 0 atom stereocenters. The zero-order valence-corrected chi connectivity index (χ0v) is 31.0. The molecule has 0 bridgehead atoms. The smallest absolute Gasteiger partial charge is 0.288 e. The van der Waals surface area contributed by atoms with Crippen molar-refractivity contribution < 1.29 is 74.6 Å². The van der Waals surface area contributed by atoms with E-state index in [1.807, 2.05) is 103 Å². The first-order chi connectivity index (χ1) is 24.7. The first-order valence-corrected chi connectivity index (χ1v) is 18.7. The SMILES string of the molecule is F[P-](F)(F)(F)(F)F.F[P-](F)(F)(F)(F)F.O=C(/C=C/c1ccccc1)c1ccccn1.[Ru+2].c1ccc(-c2ccccn2)nc1.c1ccc(-c2ccccn2)nc1. The van der Waals surface area contributed by atoms with Crippen molar-refractivity contribution in [1.29, 1.82) is 0 Å². The van der Waals surface area contributed by atoms with Crippen LogP contribution < -0.4 is 0 Å². The molecule has 1 aromatic carbocycles. The second-order valence-corrected chi connectivity index (χ2v) is 13.9. The third-order valence-corrected chi connectivity index (χ3v) is 5.33. The Hall–Kier alpha value is -4.98. The van der Waals surface area contributed by atoms with Gasteiger partial charge < -0.3 is 0 Å². The van der Waals surface area contributed by atoms with Crippen LogP contribution in [0.1, 0.15) is 16.1 Å². The fourth-order valence-corrected chi connectivity index (χ4v) is 3.39. The average Bonchev–Trinajstić information content (AvgIpc) is 3.11. The molecule has 55 heavy (non-hydrogen) atoms. The second-order valence-electron chi connectivity index (χ2n) is 10.1. The number of hydrogen-bond donors (Lipinski definition) is 0. The van der Waals surface area contributed by atoms with Gasteiger partial charge >= 0.3 is 85.5 Å². The first-order valence-electron chi connectivity index (χ1n) is 14.7. The van der Waals surface area contributed by atoms with Crippen LogP contribution in [-0.2, 0) is 19.5 Å². The van der Waals surface area contributed by atoms with Gasteiger partial charge in [0.15, 0.2) is 0 Å². The summed E-state index contributed by atoms with van der Waals surface area (Å²) >= 11 is 0. The quantitative estimate of drug-likeness (QED) is 0.0563. The Morgan fingerprint density at radius 2 is 0.673 bits per heavy atom. The molecular weight excluding hydrogens is 885 g/mol. The van der Waals surface area contributed by atoms with Gasteiger partial charge in [-0.25, -0.2) is 0 Å². The molecule has 6 nitrogen and oxygen atoms in total. The van der Waals surface area contributed by atoms with Crippen LogP contribution in [0.4, 0.5) is 50.4 Å². The standard InChI is InChI=1S/C14H11NO.2C10H8N2.2F6P.Ru/c16-14(13-8-4-5-11-15-13)10-9-12-6-2-1-3-7-12;2*1-3-7-11-9(5-1)10-6-2-4-8-12-10;2*1-7(2,3,4,5)6;/h1-11H;2*1-8H;;;/q;;;2*-1;+2/b10-9+;;;;;. The number of pyridine rings is 5. The van der Waals surface area contributed by atoms with Crippen LogP contribution in [0.25, 0.3) is 28.9 Å². The second kappa shape index (κ2) is 18.6. The minimum absolute atomic E-state index is 0. The van der Waals surface area contributed by atoms with Crippen molar-refractivity contribution in [3.63, 3.8) is 0 Å². The summed E-state index contributed by atoms with van der Waals surface area (Å²) in [5.41, 5.74) is 5.13. The maximum Gasteiger partial charge on any atom is 2.00 e. The molecule has 0 saturated heterocycles. The molecule has 5 aromatic heterocycles. The van der Waals surface area contributed by atoms with Crippen LogP contribution >= 0.6 is 15.6 Å². The molecule has 6 rings (SSSR count). The summed E-state index contributed by atoms with van der Waals surface area (Å²) in [6, 6.07) is 38.2. The van der Waals surface area contributed by atoms with Crippen LogP contribution in [0.15, 0.2) is 158 Å². The van der Waals surface area contributed by atoms with Gasteiger partial charge in [0.1, 0.15) is 5.69 Å². The van der Waals surface area contributed by atoms with E-state index in [0.29, 0.717) is 5.69 Å². The monoisotopic (exact) mass is 913 g/mol. The Labute approximate surface area is 318 Å². The summed E-state index contributed by atoms with van der Waals surface area (Å²) in [5, 5.41) is 0. The number of rotatable bonds is 5. The molecular formula is C34H27F12N5OP2Ru. The van der Waals surface area contributed by atoms with Crippen LogP contribution in [0.2, 0.25) is 0 Å². The number of carbonyl (C=O) groups is 1. The van der Waals surface area contributed by atoms with Crippen molar-refractivity contribution in [2.24, 2.45) is 0 Å². The van der Waals surface area contributed by atoms with Crippen LogP contribution in [0, 0.1) is 0 Å². The molecule has 0 unspecified atom stereocenters. The Balaban J connectivity index is 0.000000355. The molecule has 0 spiro atoms. The predicted octanol–water partition coefficient (Wildman–Crippen LogP) is 14.0. The van der Waals surface area contributed by atoms with Crippen molar-refractivity contribution in [3.8, 4) is 22.8 Å². The predicted molar refractivity (Wildman–Crippen MR) is 186 cm³/mol. The van der Waals surface area contributed by atoms with Gasteiger partial charge in [0.2, 0.25) is 5.78 Å². The van der Waals surface area contributed by atoms with E-state index in [9.17, 15) is 55.2 Å². The van der Waals surface area contributed by atoms with E-state index in [1.54, 1.807) is 55.3 Å². The molecule has 0 fully saturated rings. The van der Waals surface area contributed by atoms with Gasteiger partial charge in [0.05, 0.1) is 22.8 Å². The van der Waals surface area contributed by atoms with Crippen LogP contribution in [0.3, 0.4) is 0 Å². The van der Waals surface area contributed by atoms with Gasteiger partial charge in [-0.05, 0) is 72.3 Å². The Kier molecular flexibility index (Phi) is 16.2. The zero-order chi connectivity index (χ0) is 40.5. The maximum atomic E-state index is 11.7. The molecule has 5 heterocycles. The number of carbonyl (C=O) groups excluding carboxylic acids is 1. The molecule has 0 aliphatic carbocycles. The van der Waals surface area contributed by atoms with Crippen molar-refractivity contribution in [1.82, 2.24) is 24.9 Å². The van der Waals surface area contributed by atoms with E-state index in [-0.39, 0.29) is 25.3 Å². The van der Waals surface area contributed by atoms with Crippen molar-refractivity contribution in [2.75, 3.05) is 0 Å². The molecule has 21 heteroatoms. The summed E-state index contributed by atoms with van der Waals surface area (Å²) in [6.07, 6.45) is 12.0. The summed E-state index contributed by atoms with van der Waals surface area (Å²) in [6.45, 7) is 0. The number of halogens is 12. The average molecular weight is 913 g/mol. The van der Waals surface area contributed by atoms with Gasteiger partial charge in [-0.3, -0.25) is 29.7 Å². The third-order valence-electron chi connectivity index (χ3n) is 5.33. The topological polar surface area (TPSA) is 81.5 Å². The third kappa shape index (κ3) is 30.1. The van der Waals surface area contributed by atoms with Crippen molar-refractivity contribution >= 4 is 27.5 Å². The van der Waals surface area contributed by atoms with E-state index in [0.717, 1.165) is 28.3 Å².